The fourth-order valence-electron chi connectivity index (χ4n) is 7.40. The molecule has 0 aromatic heterocycles. The molecule has 4 saturated carbocycles. The minimum absolute atomic E-state index is 1.08. The van der Waals surface area contributed by atoms with Gasteiger partial charge in [0, 0.05) is 5.25 Å². The van der Waals surface area contributed by atoms with Crippen LogP contribution in [0.4, 0.5) is 0 Å². The van der Waals surface area contributed by atoms with Gasteiger partial charge in [0.25, 0.3) is 0 Å². The Kier molecular flexibility index (Phi) is 3.58. The van der Waals surface area contributed by atoms with E-state index in [0.717, 1.165) is 46.7 Å². The molecule has 1 heterocycles. The third-order valence-corrected chi connectivity index (χ3v) is 9.85. The first-order chi connectivity index (χ1) is 10.4. The molecule has 1 saturated heterocycles. The van der Waals surface area contributed by atoms with Gasteiger partial charge in [0.05, 0.1) is 0 Å². The lowest BCUT2D eigenvalue weighted by Crippen LogP contribution is -2.46. The fraction of sp³-hybridized carbons (Fsp3) is 1.00. The van der Waals surface area contributed by atoms with E-state index < -0.39 is 0 Å². The quantitative estimate of drug-likeness (QED) is 0.548. The molecular weight excluding hydrogens is 272 g/mol. The molecule has 0 amide bonds. The van der Waals surface area contributed by atoms with Gasteiger partial charge in [0.2, 0.25) is 0 Å². The van der Waals surface area contributed by atoms with Crippen LogP contribution >= 0.6 is 11.8 Å². The molecule has 0 aromatic rings. The summed E-state index contributed by atoms with van der Waals surface area (Å²) in [5.41, 5.74) is 0. The first-order valence-electron chi connectivity index (χ1n) is 10.00. The molecule has 0 N–H and O–H groups in total. The molecule has 0 radical (unpaired) electrons. The maximum absolute atomic E-state index is 2.34. The molecule has 8 atom stereocenters. The van der Waals surface area contributed by atoms with Crippen LogP contribution in [0.5, 0.6) is 0 Å². The van der Waals surface area contributed by atoms with Gasteiger partial charge < -0.3 is 0 Å². The molecule has 8 unspecified atom stereocenters. The van der Waals surface area contributed by atoms with Crippen molar-refractivity contribution >= 4 is 11.8 Å². The molecule has 0 bridgehead atoms. The SMILES string of the molecule is C1CCC2CC3C(CCC4CC5CCSC5CC43)CC2C1. The van der Waals surface area contributed by atoms with E-state index in [0.29, 0.717) is 0 Å². The molecule has 4 aliphatic carbocycles. The normalized spacial score (nSPS) is 56.0. The van der Waals surface area contributed by atoms with Crippen molar-refractivity contribution in [2.75, 3.05) is 5.75 Å². The minimum atomic E-state index is 1.08. The monoisotopic (exact) mass is 304 g/mol. The molecule has 1 heteroatoms. The van der Waals surface area contributed by atoms with E-state index >= 15 is 0 Å². The van der Waals surface area contributed by atoms with Crippen LogP contribution < -0.4 is 0 Å². The van der Waals surface area contributed by atoms with E-state index in [2.05, 4.69) is 11.8 Å². The number of hydrogen-bond acceptors (Lipinski definition) is 1. The van der Waals surface area contributed by atoms with E-state index in [-0.39, 0.29) is 0 Å². The van der Waals surface area contributed by atoms with Crippen LogP contribution in [0.1, 0.15) is 70.6 Å². The Morgan fingerprint density at radius 1 is 0.524 bits per heavy atom. The first-order valence-corrected chi connectivity index (χ1v) is 11.0. The van der Waals surface area contributed by atoms with Gasteiger partial charge in [0.15, 0.2) is 0 Å². The standard InChI is InChI=1S/C20H32S/c1-2-4-14-11-18-15(9-13(14)3-1)5-6-16-10-17-7-8-21-20(17)12-19(16)18/h13-20H,1-12H2. The second kappa shape index (κ2) is 5.46. The van der Waals surface area contributed by atoms with Gasteiger partial charge in [0.1, 0.15) is 0 Å². The highest BCUT2D eigenvalue weighted by Crippen LogP contribution is 2.59. The highest BCUT2D eigenvalue weighted by molar-refractivity contribution is 8.00. The molecule has 1 aliphatic heterocycles. The van der Waals surface area contributed by atoms with Gasteiger partial charge in [-0.15, -0.1) is 0 Å². The van der Waals surface area contributed by atoms with Crippen molar-refractivity contribution in [1.29, 1.82) is 0 Å². The molecule has 5 fully saturated rings. The lowest BCUT2D eigenvalue weighted by atomic mass is 9.52. The summed E-state index contributed by atoms with van der Waals surface area (Å²) in [5.74, 6) is 9.50. The fourth-order valence-corrected chi connectivity index (χ4v) is 9.02. The lowest BCUT2D eigenvalue weighted by Gasteiger charge is -2.54. The van der Waals surface area contributed by atoms with E-state index in [1.807, 2.05) is 0 Å². The zero-order chi connectivity index (χ0) is 13.8. The largest absolute Gasteiger partial charge is 0.158 e. The van der Waals surface area contributed by atoms with E-state index in [9.17, 15) is 0 Å². The van der Waals surface area contributed by atoms with Crippen LogP contribution in [-0.2, 0) is 0 Å². The molecule has 0 aromatic carbocycles. The molecule has 118 valence electrons. The van der Waals surface area contributed by atoms with Gasteiger partial charge >= 0.3 is 0 Å². The number of hydrogen-bond donors (Lipinski definition) is 0. The Bertz CT molecular complexity index is 391. The van der Waals surface area contributed by atoms with Crippen molar-refractivity contribution in [2.24, 2.45) is 41.4 Å². The molecule has 5 aliphatic rings. The highest BCUT2D eigenvalue weighted by atomic mass is 32.2. The van der Waals surface area contributed by atoms with Crippen molar-refractivity contribution < 1.29 is 0 Å². The summed E-state index contributed by atoms with van der Waals surface area (Å²) in [4.78, 5) is 0. The second-order valence-electron chi connectivity index (χ2n) is 9.13. The first kappa shape index (κ1) is 13.8. The Morgan fingerprint density at radius 2 is 1.19 bits per heavy atom. The second-order valence-corrected chi connectivity index (χ2v) is 10.5. The molecular formula is C20H32S. The van der Waals surface area contributed by atoms with Crippen molar-refractivity contribution in [1.82, 2.24) is 0 Å². The summed E-state index contributed by atoms with van der Waals surface area (Å²) in [6.07, 6.45) is 17.6. The van der Waals surface area contributed by atoms with Crippen molar-refractivity contribution in [2.45, 2.75) is 75.9 Å². The van der Waals surface area contributed by atoms with Gasteiger partial charge in [-0.3, -0.25) is 0 Å². The number of thioether (sulfide) groups is 1. The van der Waals surface area contributed by atoms with E-state index in [1.165, 1.54) is 5.75 Å². The predicted molar refractivity (Wildman–Crippen MR) is 91.5 cm³/mol. The third kappa shape index (κ3) is 2.32. The van der Waals surface area contributed by atoms with Crippen LogP contribution in [-0.4, -0.2) is 11.0 Å². The maximum atomic E-state index is 2.34. The van der Waals surface area contributed by atoms with Gasteiger partial charge in [-0.05, 0) is 92.1 Å². The highest BCUT2D eigenvalue weighted by Gasteiger charge is 2.50. The zero-order valence-electron chi connectivity index (χ0n) is 13.5. The predicted octanol–water partition coefficient (Wildman–Crippen LogP) is 5.76. The summed E-state index contributed by atoms with van der Waals surface area (Å²) >= 11 is 2.34. The maximum Gasteiger partial charge on any atom is 0.00785 e. The van der Waals surface area contributed by atoms with Gasteiger partial charge in [-0.25, -0.2) is 0 Å². The van der Waals surface area contributed by atoms with Crippen LogP contribution in [0.2, 0.25) is 0 Å². The van der Waals surface area contributed by atoms with Crippen LogP contribution in [0, 0.1) is 41.4 Å². The Balaban J connectivity index is 1.35. The van der Waals surface area contributed by atoms with E-state index in [4.69, 9.17) is 0 Å². The van der Waals surface area contributed by atoms with Crippen LogP contribution in [0.25, 0.3) is 0 Å². The average Bonchev–Trinajstić information content (AvgIpc) is 2.98. The molecule has 0 nitrogen and oxygen atoms in total. The summed E-state index contributed by atoms with van der Waals surface area (Å²) in [6.45, 7) is 0. The van der Waals surface area contributed by atoms with Crippen molar-refractivity contribution in [3.05, 3.63) is 0 Å². The van der Waals surface area contributed by atoms with Crippen molar-refractivity contribution in [3.63, 3.8) is 0 Å². The third-order valence-electron chi connectivity index (χ3n) is 8.37. The minimum Gasteiger partial charge on any atom is -0.158 e. The van der Waals surface area contributed by atoms with Gasteiger partial charge in [-0.2, -0.15) is 11.8 Å². The van der Waals surface area contributed by atoms with E-state index in [1.54, 1.807) is 70.6 Å². The van der Waals surface area contributed by atoms with Crippen LogP contribution in [0.15, 0.2) is 0 Å². The summed E-state index contributed by atoms with van der Waals surface area (Å²) < 4.78 is 0. The number of fused-ring (bicyclic) bond motifs is 5. The Hall–Kier alpha value is 0.350. The summed E-state index contributed by atoms with van der Waals surface area (Å²) in [7, 11) is 0. The number of rotatable bonds is 0. The molecule has 21 heavy (non-hydrogen) atoms. The lowest BCUT2D eigenvalue weighted by molar-refractivity contribution is -0.0308. The Labute approximate surface area is 135 Å². The average molecular weight is 305 g/mol. The smallest absolute Gasteiger partial charge is 0.00785 e. The van der Waals surface area contributed by atoms with Gasteiger partial charge in [-0.1, -0.05) is 25.7 Å². The summed E-state index contributed by atoms with van der Waals surface area (Å²) in [5, 5.41) is 1.08. The van der Waals surface area contributed by atoms with Crippen molar-refractivity contribution in [3.8, 4) is 0 Å². The Morgan fingerprint density at radius 3 is 2.00 bits per heavy atom. The topological polar surface area (TPSA) is 0 Å². The summed E-state index contributed by atoms with van der Waals surface area (Å²) in [6, 6.07) is 0. The van der Waals surface area contributed by atoms with Crippen LogP contribution in [0.3, 0.4) is 0 Å². The molecule has 5 rings (SSSR count). The zero-order valence-corrected chi connectivity index (χ0v) is 14.3. The molecule has 0 spiro atoms.